The van der Waals surface area contributed by atoms with Gasteiger partial charge in [-0.25, -0.2) is 0 Å². The summed E-state index contributed by atoms with van der Waals surface area (Å²) in [6, 6.07) is 11.5. The van der Waals surface area contributed by atoms with Gasteiger partial charge in [0.2, 0.25) is 0 Å². The van der Waals surface area contributed by atoms with Gasteiger partial charge in [-0.05, 0) is 41.7 Å². The molecule has 1 aromatic heterocycles. The number of hydrogen-bond donors (Lipinski definition) is 2. The number of aromatic hydroxyl groups is 1. The van der Waals surface area contributed by atoms with Crippen LogP contribution >= 0.6 is 0 Å². The van der Waals surface area contributed by atoms with Crippen molar-refractivity contribution in [1.29, 1.82) is 0 Å². The van der Waals surface area contributed by atoms with Crippen LogP contribution in [0, 0.1) is 0 Å². The summed E-state index contributed by atoms with van der Waals surface area (Å²) >= 11 is 0. The van der Waals surface area contributed by atoms with E-state index in [0.29, 0.717) is 11.4 Å². The van der Waals surface area contributed by atoms with Crippen LogP contribution in [0.2, 0.25) is 0 Å². The van der Waals surface area contributed by atoms with Crippen LogP contribution < -0.4 is 5.73 Å². The van der Waals surface area contributed by atoms with E-state index in [-0.39, 0.29) is 11.2 Å². The number of phenolic OH excluding ortho intramolecular Hbond substituents is 1. The second-order valence-electron chi connectivity index (χ2n) is 7.25. The monoisotopic (exact) mass is 338 g/mol. The molecule has 5 nitrogen and oxygen atoms in total. The first kappa shape index (κ1) is 17.3. The number of anilines is 1. The Balaban J connectivity index is 2.03. The zero-order valence-electron chi connectivity index (χ0n) is 15.2. The molecular formula is C20H26N4O. The third-order valence-electron chi connectivity index (χ3n) is 4.81. The molecule has 2 aromatic carbocycles. The first-order valence-electron chi connectivity index (χ1n) is 8.88. The lowest BCUT2D eigenvalue weighted by Gasteiger charge is -2.26. The summed E-state index contributed by atoms with van der Waals surface area (Å²) in [6.07, 6.45) is 4.65. The maximum atomic E-state index is 10.5. The van der Waals surface area contributed by atoms with E-state index >= 15 is 0 Å². The maximum Gasteiger partial charge on any atom is 0.166 e. The van der Waals surface area contributed by atoms with Crippen LogP contribution in [0.15, 0.2) is 36.4 Å². The first-order valence-corrected chi connectivity index (χ1v) is 8.88. The molecule has 3 aromatic rings. The van der Waals surface area contributed by atoms with Gasteiger partial charge in [-0.15, -0.1) is 15.0 Å². The van der Waals surface area contributed by atoms with Crippen molar-refractivity contribution in [3.63, 3.8) is 0 Å². The van der Waals surface area contributed by atoms with Crippen LogP contribution in [0.25, 0.3) is 16.7 Å². The summed E-state index contributed by atoms with van der Waals surface area (Å²) in [6.45, 7) is 6.63. The topological polar surface area (TPSA) is 77.0 Å². The maximum absolute atomic E-state index is 10.5. The van der Waals surface area contributed by atoms with Gasteiger partial charge in [-0.2, -0.15) is 0 Å². The van der Waals surface area contributed by atoms with Gasteiger partial charge >= 0.3 is 0 Å². The zero-order chi connectivity index (χ0) is 18.0. The largest absolute Gasteiger partial charge is 0.504 e. The molecule has 132 valence electrons. The molecule has 0 fully saturated rings. The molecule has 0 unspecified atom stereocenters. The quantitative estimate of drug-likeness (QED) is 0.392. The normalized spacial score (nSPS) is 12.0. The molecular weight excluding hydrogens is 312 g/mol. The molecule has 0 aliphatic heterocycles. The van der Waals surface area contributed by atoms with Gasteiger partial charge in [0.15, 0.2) is 5.75 Å². The minimum Gasteiger partial charge on any atom is -0.504 e. The number of phenols is 1. The number of hydrogen-bond acceptors (Lipinski definition) is 4. The summed E-state index contributed by atoms with van der Waals surface area (Å²) < 4.78 is 0. The molecule has 0 amide bonds. The smallest absolute Gasteiger partial charge is 0.166 e. The van der Waals surface area contributed by atoms with Gasteiger partial charge in [-0.3, -0.25) is 0 Å². The Labute approximate surface area is 148 Å². The predicted octanol–water partition coefficient (Wildman–Crippen LogP) is 4.57. The number of aromatic nitrogens is 3. The lowest BCUT2D eigenvalue weighted by atomic mass is 9.79. The Kier molecular flexibility index (Phi) is 4.66. The van der Waals surface area contributed by atoms with Crippen LogP contribution in [0.3, 0.4) is 0 Å². The number of nitrogen functional groups attached to an aromatic ring is 1. The number of nitrogens with zero attached hydrogens (tertiary/aromatic N) is 3. The summed E-state index contributed by atoms with van der Waals surface area (Å²) in [7, 11) is 0. The average Bonchev–Trinajstić information content (AvgIpc) is 3.01. The van der Waals surface area contributed by atoms with Gasteiger partial charge in [-0.1, -0.05) is 52.2 Å². The molecule has 0 saturated heterocycles. The van der Waals surface area contributed by atoms with Gasteiger partial charge in [0.25, 0.3) is 0 Å². The van der Waals surface area contributed by atoms with E-state index in [1.165, 1.54) is 24.1 Å². The van der Waals surface area contributed by atoms with Crippen molar-refractivity contribution in [3.05, 3.63) is 42.0 Å². The molecule has 1 heterocycles. The van der Waals surface area contributed by atoms with E-state index in [0.717, 1.165) is 23.0 Å². The fraction of sp³-hybridized carbons (Fsp3) is 0.400. The Bertz CT molecular complexity index is 850. The van der Waals surface area contributed by atoms with Crippen LogP contribution in [-0.4, -0.2) is 20.1 Å². The van der Waals surface area contributed by atoms with E-state index in [4.69, 9.17) is 5.73 Å². The molecule has 0 atom stereocenters. The molecule has 5 heteroatoms. The number of fused-ring (bicyclic) bond motifs is 1. The molecule has 3 N–H and O–H groups in total. The summed E-state index contributed by atoms with van der Waals surface area (Å²) in [4.78, 5) is 1.47. The standard InChI is InChI=1S/C20H26N4O/c1-4-5-8-11-20(2,3)14-12-15(21)19(25)18(13-14)24-22-16-9-6-7-10-17(16)23-24/h6-7,9-10,12-13,25H,4-5,8,11,21H2,1-3H3. The van der Waals surface area contributed by atoms with Gasteiger partial charge in [0.1, 0.15) is 16.7 Å². The van der Waals surface area contributed by atoms with E-state index in [2.05, 4.69) is 31.0 Å². The Hall–Kier alpha value is -2.56. The van der Waals surface area contributed by atoms with E-state index < -0.39 is 0 Å². The van der Waals surface area contributed by atoms with Crippen molar-refractivity contribution in [1.82, 2.24) is 15.0 Å². The summed E-state index contributed by atoms with van der Waals surface area (Å²) in [5.74, 6) is 0.0217. The van der Waals surface area contributed by atoms with Gasteiger partial charge in [0, 0.05) is 0 Å². The second kappa shape index (κ2) is 6.75. The molecule has 0 saturated carbocycles. The van der Waals surface area contributed by atoms with Crippen molar-refractivity contribution < 1.29 is 5.11 Å². The Morgan fingerprint density at radius 3 is 2.32 bits per heavy atom. The lowest BCUT2D eigenvalue weighted by molar-refractivity contribution is 0.445. The van der Waals surface area contributed by atoms with E-state index in [1.807, 2.05) is 36.4 Å². The summed E-state index contributed by atoms with van der Waals surface area (Å²) in [5.41, 5.74) is 9.60. The highest BCUT2D eigenvalue weighted by molar-refractivity contribution is 5.74. The third-order valence-corrected chi connectivity index (χ3v) is 4.81. The molecule has 0 radical (unpaired) electrons. The molecule has 0 aliphatic rings. The number of nitrogens with two attached hydrogens (primary N) is 1. The van der Waals surface area contributed by atoms with Gasteiger partial charge < -0.3 is 10.8 Å². The number of rotatable bonds is 6. The first-order chi connectivity index (χ1) is 11.9. The molecule has 0 spiro atoms. The van der Waals surface area contributed by atoms with E-state index in [9.17, 15) is 5.11 Å². The van der Waals surface area contributed by atoms with Crippen molar-refractivity contribution in [2.45, 2.75) is 51.9 Å². The molecule has 3 rings (SSSR count). The molecule has 25 heavy (non-hydrogen) atoms. The van der Waals surface area contributed by atoms with Gasteiger partial charge in [0.05, 0.1) is 5.69 Å². The SMILES string of the molecule is CCCCCC(C)(C)c1cc(N)c(O)c(-n2nc3ccccc3n2)c1. The van der Waals surface area contributed by atoms with E-state index in [1.54, 1.807) is 0 Å². The third kappa shape index (κ3) is 3.45. The highest BCUT2D eigenvalue weighted by Crippen LogP contribution is 2.37. The van der Waals surface area contributed by atoms with Crippen molar-refractivity contribution in [2.24, 2.45) is 0 Å². The Morgan fingerprint density at radius 2 is 1.72 bits per heavy atom. The lowest BCUT2D eigenvalue weighted by Crippen LogP contribution is -2.18. The number of unbranched alkanes of at least 4 members (excludes halogenated alkanes) is 2. The zero-order valence-corrected chi connectivity index (χ0v) is 15.2. The fourth-order valence-corrected chi connectivity index (χ4v) is 3.11. The average molecular weight is 338 g/mol. The number of benzene rings is 2. The fourth-order valence-electron chi connectivity index (χ4n) is 3.11. The molecule has 0 bridgehead atoms. The van der Waals surface area contributed by atoms with Crippen LogP contribution in [0.5, 0.6) is 5.75 Å². The minimum absolute atomic E-state index is 0.0217. The second-order valence-corrected chi connectivity index (χ2v) is 7.25. The van der Waals surface area contributed by atoms with Crippen molar-refractivity contribution in [3.8, 4) is 11.4 Å². The molecule has 0 aliphatic carbocycles. The van der Waals surface area contributed by atoms with Crippen LogP contribution in [0.4, 0.5) is 5.69 Å². The van der Waals surface area contributed by atoms with Crippen molar-refractivity contribution >= 4 is 16.7 Å². The van der Waals surface area contributed by atoms with Crippen molar-refractivity contribution in [2.75, 3.05) is 5.73 Å². The Morgan fingerprint density at radius 1 is 1.08 bits per heavy atom. The highest BCUT2D eigenvalue weighted by Gasteiger charge is 2.23. The highest BCUT2D eigenvalue weighted by atomic mass is 16.3. The summed E-state index contributed by atoms with van der Waals surface area (Å²) in [5, 5.41) is 19.4. The predicted molar refractivity (Wildman–Crippen MR) is 102 cm³/mol. The minimum atomic E-state index is -0.0294. The van der Waals surface area contributed by atoms with Crippen LogP contribution in [0.1, 0.15) is 52.0 Å². The van der Waals surface area contributed by atoms with Crippen LogP contribution in [-0.2, 0) is 5.41 Å².